The van der Waals surface area contributed by atoms with E-state index in [1.54, 1.807) is 11.8 Å². The van der Waals surface area contributed by atoms with Gasteiger partial charge in [-0.05, 0) is 30.2 Å². The summed E-state index contributed by atoms with van der Waals surface area (Å²) in [7, 11) is 0. The second-order valence-corrected chi connectivity index (χ2v) is 7.07. The van der Waals surface area contributed by atoms with E-state index >= 15 is 0 Å². The van der Waals surface area contributed by atoms with Gasteiger partial charge in [0.1, 0.15) is 0 Å². The van der Waals surface area contributed by atoms with Crippen LogP contribution in [0.3, 0.4) is 0 Å². The molecule has 2 saturated heterocycles. The zero-order valence-corrected chi connectivity index (χ0v) is 14.6. The molecule has 4 rings (SSSR count). The van der Waals surface area contributed by atoms with Gasteiger partial charge in [0.2, 0.25) is 5.91 Å². The molecular weight excluding hydrogens is 320 g/mol. The summed E-state index contributed by atoms with van der Waals surface area (Å²) in [5.41, 5.74) is 2.77. The summed E-state index contributed by atoms with van der Waals surface area (Å²) in [6.07, 6.45) is 2.45. The van der Waals surface area contributed by atoms with E-state index in [0.717, 1.165) is 49.2 Å². The molecule has 0 radical (unpaired) electrons. The molecule has 0 unspecified atom stereocenters. The Morgan fingerprint density at radius 2 is 1.84 bits per heavy atom. The number of fused-ring (bicyclic) bond motifs is 1. The topological polar surface area (TPSA) is 59.1 Å². The summed E-state index contributed by atoms with van der Waals surface area (Å²) in [5.74, 6) is -0.215. The van der Waals surface area contributed by atoms with Crippen LogP contribution in [0.5, 0.6) is 0 Å². The number of hydrogen-bond donors (Lipinski definition) is 0. The van der Waals surface area contributed by atoms with E-state index in [9.17, 15) is 9.59 Å². The van der Waals surface area contributed by atoms with Crippen molar-refractivity contribution in [1.82, 2.24) is 4.90 Å². The highest BCUT2D eigenvalue weighted by Crippen LogP contribution is 2.32. The molecular formula is C19H24N2O4. The van der Waals surface area contributed by atoms with Gasteiger partial charge in [-0.3, -0.25) is 14.5 Å². The second-order valence-electron chi connectivity index (χ2n) is 7.07. The maximum absolute atomic E-state index is 12.7. The molecule has 1 aromatic carbocycles. The first-order chi connectivity index (χ1) is 12.1. The number of anilines is 1. The van der Waals surface area contributed by atoms with E-state index in [0.29, 0.717) is 26.3 Å². The number of benzene rings is 1. The van der Waals surface area contributed by atoms with Crippen LogP contribution in [0.15, 0.2) is 18.2 Å². The molecule has 3 aliphatic rings. The van der Waals surface area contributed by atoms with Gasteiger partial charge in [-0.25, -0.2) is 0 Å². The molecule has 0 atom stereocenters. The normalized spacial score (nSPS) is 22.4. The van der Waals surface area contributed by atoms with Crippen LogP contribution in [0.1, 0.15) is 35.7 Å². The largest absolute Gasteiger partial charge is 0.347 e. The lowest BCUT2D eigenvalue weighted by Gasteiger charge is -2.37. The third kappa shape index (κ3) is 3.21. The van der Waals surface area contributed by atoms with Crippen LogP contribution in [0.4, 0.5) is 5.69 Å². The van der Waals surface area contributed by atoms with E-state index < -0.39 is 5.79 Å². The molecule has 25 heavy (non-hydrogen) atoms. The average Bonchev–Trinajstić information content (AvgIpc) is 3.23. The summed E-state index contributed by atoms with van der Waals surface area (Å²) in [4.78, 5) is 28.2. The number of carbonyl (C=O) groups is 2. The quantitative estimate of drug-likeness (QED) is 0.780. The Labute approximate surface area is 147 Å². The molecule has 1 spiro atoms. The van der Waals surface area contributed by atoms with E-state index in [4.69, 9.17) is 9.47 Å². The van der Waals surface area contributed by atoms with Crippen molar-refractivity contribution >= 4 is 17.4 Å². The fourth-order valence-electron chi connectivity index (χ4n) is 4.03. The lowest BCUT2D eigenvalue weighted by atomic mass is 10.0. The first-order valence-corrected chi connectivity index (χ1v) is 9.01. The molecule has 0 N–H and O–H groups in total. The molecule has 0 bridgehead atoms. The molecule has 6 heteroatoms. The SMILES string of the molecule is CC(=O)N1CCc2cc(C(=O)CN3CCC4(CC3)OCCO4)ccc21. The molecule has 3 aliphatic heterocycles. The summed E-state index contributed by atoms with van der Waals surface area (Å²) in [6, 6.07) is 5.70. The van der Waals surface area contributed by atoms with Crippen LogP contribution < -0.4 is 4.90 Å². The van der Waals surface area contributed by atoms with Crippen LogP contribution in [0.2, 0.25) is 0 Å². The number of piperidine rings is 1. The summed E-state index contributed by atoms with van der Waals surface area (Å²) in [5, 5.41) is 0. The monoisotopic (exact) mass is 344 g/mol. The summed E-state index contributed by atoms with van der Waals surface area (Å²) < 4.78 is 11.5. The van der Waals surface area contributed by atoms with Gasteiger partial charge in [0.05, 0.1) is 19.8 Å². The standard InChI is InChI=1S/C19H24N2O4/c1-14(22)21-7-4-15-12-16(2-3-17(15)21)18(23)13-20-8-5-19(6-9-20)24-10-11-25-19/h2-3,12H,4-11,13H2,1H3. The van der Waals surface area contributed by atoms with Gasteiger partial charge >= 0.3 is 0 Å². The van der Waals surface area contributed by atoms with E-state index in [1.165, 1.54) is 0 Å². The minimum absolute atomic E-state index is 0.0522. The van der Waals surface area contributed by atoms with Crippen molar-refractivity contribution in [3.05, 3.63) is 29.3 Å². The van der Waals surface area contributed by atoms with Gasteiger partial charge in [-0.1, -0.05) is 0 Å². The number of Topliss-reactive ketones (excluding diaryl/α,β-unsaturated/α-hetero) is 1. The average molecular weight is 344 g/mol. The number of carbonyl (C=O) groups excluding carboxylic acids is 2. The zero-order valence-electron chi connectivity index (χ0n) is 14.6. The van der Waals surface area contributed by atoms with Crippen molar-refractivity contribution in [3.63, 3.8) is 0 Å². The van der Waals surface area contributed by atoms with Crippen molar-refractivity contribution in [2.24, 2.45) is 0 Å². The minimum Gasteiger partial charge on any atom is -0.347 e. The predicted molar refractivity (Wildman–Crippen MR) is 92.8 cm³/mol. The highest BCUT2D eigenvalue weighted by Gasteiger charge is 2.40. The highest BCUT2D eigenvalue weighted by molar-refractivity contribution is 6.00. The van der Waals surface area contributed by atoms with Gasteiger partial charge in [0.15, 0.2) is 11.6 Å². The van der Waals surface area contributed by atoms with Crippen molar-refractivity contribution in [1.29, 1.82) is 0 Å². The molecule has 0 aliphatic carbocycles. The van der Waals surface area contributed by atoms with Crippen LogP contribution in [0, 0.1) is 0 Å². The Balaban J connectivity index is 1.38. The maximum Gasteiger partial charge on any atom is 0.223 e. The molecule has 2 fully saturated rings. The number of nitrogens with zero attached hydrogens (tertiary/aromatic N) is 2. The number of hydrogen-bond acceptors (Lipinski definition) is 5. The highest BCUT2D eigenvalue weighted by atomic mass is 16.7. The first-order valence-electron chi connectivity index (χ1n) is 9.01. The molecule has 0 saturated carbocycles. The molecule has 1 amide bonds. The van der Waals surface area contributed by atoms with Gasteiger partial charge in [0.25, 0.3) is 0 Å². The van der Waals surface area contributed by atoms with E-state index in [1.807, 2.05) is 18.2 Å². The Kier molecular flexibility index (Phi) is 4.35. The maximum atomic E-state index is 12.7. The number of rotatable bonds is 3. The van der Waals surface area contributed by atoms with E-state index in [-0.39, 0.29) is 11.7 Å². The molecule has 6 nitrogen and oxygen atoms in total. The lowest BCUT2D eigenvalue weighted by Crippen LogP contribution is -2.46. The first kappa shape index (κ1) is 16.7. The Morgan fingerprint density at radius 3 is 2.52 bits per heavy atom. The molecule has 134 valence electrons. The number of ketones is 1. The van der Waals surface area contributed by atoms with Crippen molar-refractivity contribution < 1.29 is 19.1 Å². The third-order valence-electron chi connectivity index (χ3n) is 5.48. The molecule has 0 aromatic heterocycles. The fraction of sp³-hybridized carbons (Fsp3) is 0.579. The van der Waals surface area contributed by atoms with Crippen molar-refractivity contribution in [3.8, 4) is 0 Å². The Morgan fingerprint density at radius 1 is 1.12 bits per heavy atom. The third-order valence-corrected chi connectivity index (χ3v) is 5.48. The minimum atomic E-state index is -0.400. The Bertz CT molecular complexity index is 687. The summed E-state index contributed by atoms with van der Waals surface area (Å²) >= 11 is 0. The van der Waals surface area contributed by atoms with Gasteiger partial charge < -0.3 is 14.4 Å². The van der Waals surface area contributed by atoms with Gasteiger partial charge in [-0.15, -0.1) is 0 Å². The zero-order chi connectivity index (χ0) is 17.4. The molecule has 3 heterocycles. The van der Waals surface area contributed by atoms with Crippen molar-refractivity contribution in [2.45, 2.75) is 32.0 Å². The Hall–Kier alpha value is -1.76. The smallest absolute Gasteiger partial charge is 0.223 e. The van der Waals surface area contributed by atoms with Crippen LogP contribution in [0.25, 0.3) is 0 Å². The lowest BCUT2D eigenvalue weighted by molar-refractivity contribution is -0.184. The number of likely N-dealkylation sites (tertiary alicyclic amines) is 1. The number of ether oxygens (including phenoxy) is 2. The van der Waals surface area contributed by atoms with Gasteiger partial charge in [-0.2, -0.15) is 0 Å². The van der Waals surface area contributed by atoms with Crippen LogP contribution >= 0.6 is 0 Å². The predicted octanol–water partition coefficient (Wildman–Crippen LogP) is 1.62. The van der Waals surface area contributed by atoms with Gasteiger partial charge in [0, 0.05) is 50.7 Å². The van der Waals surface area contributed by atoms with Crippen LogP contribution in [-0.4, -0.2) is 61.8 Å². The van der Waals surface area contributed by atoms with E-state index in [2.05, 4.69) is 4.90 Å². The fourth-order valence-corrected chi connectivity index (χ4v) is 4.03. The molecule has 1 aromatic rings. The summed E-state index contributed by atoms with van der Waals surface area (Å²) in [6.45, 7) is 5.68. The van der Waals surface area contributed by atoms with Crippen molar-refractivity contribution in [2.75, 3.05) is 44.3 Å². The van der Waals surface area contributed by atoms with Crippen LogP contribution in [-0.2, 0) is 20.7 Å². The number of amides is 1. The second kappa shape index (κ2) is 6.52.